The predicted octanol–water partition coefficient (Wildman–Crippen LogP) is 3.42. The molecule has 5 rings (SSSR count). The summed E-state index contributed by atoms with van der Waals surface area (Å²) >= 11 is 5.18. The number of thiazole rings is 1. The number of benzene rings is 1. The number of anilines is 1. The number of carboxylic acid groups (broad SMARTS) is 1. The van der Waals surface area contributed by atoms with Crippen LogP contribution in [-0.2, 0) is 24.6 Å². The number of rotatable bonds is 9. The van der Waals surface area contributed by atoms with Crippen molar-refractivity contribution in [2.75, 3.05) is 24.3 Å². The van der Waals surface area contributed by atoms with E-state index in [9.17, 15) is 19.5 Å². The first-order valence-corrected chi connectivity index (χ1v) is 16.3. The number of nitrogens with one attached hydrogen (secondary N) is 1. The Hall–Kier alpha value is -3.47. The van der Waals surface area contributed by atoms with Crippen molar-refractivity contribution in [2.24, 2.45) is 5.16 Å². The lowest BCUT2D eigenvalue weighted by Gasteiger charge is -2.49. The third-order valence-corrected chi connectivity index (χ3v) is 10.5. The Kier molecular flexibility index (Phi) is 8.59. The molecular weight excluding hydrogens is 619 g/mol. The van der Waals surface area contributed by atoms with Crippen molar-refractivity contribution in [1.29, 1.82) is 0 Å². The van der Waals surface area contributed by atoms with Gasteiger partial charge in [0.25, 0.3) is 11.8 Å². The van der Waals surface area contributed by atoms with Crippen molar-refractivity contribution < 1.29 is 24.3 Å². The average Bonchev–Trinajstić information content (AvgIpc) is 3.61. The lowest BCUT2D eigenvalue weighted by atomic mass is 9.87. The first-order chi connectivity index (χ1) is 20.0. The standard InChI is InChI=1S/C26H27N7O5S4/c1-26(2,3)14-7-5-12(6-8-14)19-21(30-32-42-19)39-9-13-10-40-23-17(22(35)33(23)18(13)24(36)37)29-20(34)16(31-38-4)15-11-41-25(27)28-15/h5-8,11,17,23H,9-10H2,1-4H3,(H2,27,28)(H,29,34)(H,36,37)/b31-16-. The number of carbonyl (C=O) groups is 3. The van der Waals surface area contributed by atoms with E-state index in [1.54, 1.807) is 5.38 Å². The van der Waals surface area contributed by atoms with Crippen molar-refractivity contribution in [1.82, 2.24) is 24.8 Å². The largest absolute Gasteiger partial charge is 0.477 e. The monoisotopic (exact) mass is 645 g/mol. The van der Waals surface area contributed by atoms with Gasteiger partial charge in [0.05, 0.1) is 4.88 Å². The van der Waals surface area contributed by atoms with Gasteiger partial charge in [0.15, 0.2) is 10.8 Å². The summed E-state index contributed by atoms with van der Waals surface area (Å²) in [6.07, 6.45) is 0. The van der Waals surface area contributed by atoms with Gasteiger partial charge in [-0.25, -0.2) is 9.78 Å². The predicted molar refractivity (Wildman–Crippen MR) is 165 cm³/mol. The van der Waals surface area contributed by atoms with Gasteiger partial charge >= 0.3 is 5.97 Å². The molecule has 42 heavy (non-hydrogen) atoms. The minimum Gasteiger partial charge on any atom is -0.477 e. The summed E-state index contributed by atoms with van der Waals surface area (Å²) in [5.41, 5.74) is 8.51. The van der Waals surface area contributed by atoms with Crippen molar-refractivity contribution in [3.05, 3.63) is 52.2 Å². The molecule has 12 nitrogen and oxygen atoms in total. The minimum absolute atomic E-state index is 0.0317. The normalized spacial score (nSPS) is 18.9. The molecule has 4 N–H and O–H groups in total. The zero-order valence-electron chi connectivity index (χ0n) is 23.0. The summed E-state index contributed by atoms with van der Waals surface area (Å²) in [5.74, 6) is -1.73. The summed E-state index contributed by atoms with van der Waals surface area (Å²) in [7, 11) is 1.28. The molecule has 2 atom stereocenters. The van der Waals surface area contributed by atoms with Crippen LogP contribution in [0.15, 0.2) is 51.1 Å². The molecule has 0 aliphatic carbocycles. The van der Waals surface area contributed by atoms with Crippen LogP contribution in [0.3, 0.4) is 0 Å². The van der Waals surface area contributed by atoms with E-state index < -0.39 is 29.2 Å². The van der Waals surface area contributed by atoms with Crippen LogP contribution in [0.25, 0.3) is 10.4 Å². The van der Waals surface area contributed by atoms with Crippen molar-refractivity contribution >= 4 is 75.0 Å². The Bertz CT molecular complexity index is 1590. The number of β-lactam (4-membered cyclic amide) rings is 1. The number of carboxylic acids is 1. The van der Waals surface area contributed by atoms with Crippen LogP contribution in [0.2, 0.25) is 0 Å². The molecule has 1 aromatic carbocycles. The number of nitrogens with two attached hydrogens (primary N) is 1. The zero-order chi connectivity index (χ0) is 30.2. The Morgan fingerprint density at radius 2 is 2.02 bits per heavy atom. The van der Waals surface area contributed by atoms with E-state index in [1.165, 1.54) is 52.6 Å². The van der Waals surface area contributed by atoms with E-state index in [4.69, 9.17) is 10.6 Å². The molecule has 0 spiro atoms. The molecule has 2 aliphatic heterocycles. The molecule has 2 amide bonds. The highest BCUT2D eigenvalue weighted by atomic mass is 32.2. The fourth-order valence-corrected chi connectivity index (χ4v) is 8.25. The first-order valence-electron chi connectivity index (χ1n) is 12.6. The number of carbonyl (C=O) groups excluding carboxylic acids is 2. The third-order valence-electron chi connectivity index (χ3n) is 6.55. The molecule has 2 aromatic heterocycles. The highest BCUT2D eigenvalue weighted by molar-refractivity contribution is 8.01. The smallest absolute Gasteiger partial charge is 0.352 e. The third kappa shape index (κ3) is 5.88. The molecule has 16 heteroatoms. The second-order valence-corrected chi connectivity index (χ2v) is 14.0. The maximum Gasteiger partial charge on any atom is 0.352 e. The maximum absolute atomic E-state index is 13.2. The quantitative estimate of drug-likeness (QED) is 0.135. The van der Waals surface area contributed by atoms with E-state index in [-0.39, 0.29) is 27.6 Å². The highest BCUT2D eigenvalue weighted by Gasteiger charge is 2.54. The maximum atomic E-state index is 13.2. The number of nitrogens with zero attached hydrogens (tertiary/aromatic N) is 5. The summed E-state index contributed by atoms with van der Waals surface area (Å²) in [6, 6.07) is 7.33. The molecular formula is C26H27N7O5S4. The van der Waals surface area contributed by atoms with Gasteiger partial charge in [-0.2, -0.15) is 0 Å². The molecule has 1 fully saturated rings. The molecule has 0 saturated carbocycles. The fraction of sp³-hybridized carbons (Fsp3) is 0.346. The summed E-state index contributed by atoms with van der Waals surface area (Å²) in [6.45, 7) is 6.47. The van der Waals surface area contributed by atoms with Crippen LogP contribution in [0.4, 0.5) is 5.13 Å². The number of amides is 2. The second-order valence-electron chi connectivity index (χ2n) is 10.3. The SMILES string of the molecule is CO/N=C(\C(=O)NC1C(=O)N2C(C(=O)O)=C(CSc3nnsc3-c3ccc(C(C)(C)C)cc3)CSC12)c1csc(N)n1. The molecule has 0 bridgehead atoms. The molecule has 0 radical (unpaired) electrons. The first kappa shape index (κ1) is 30.0. The van der Waals surface area contributed by atoms with Crippen molar-refractivity contribution in [3.8, 4) is 10.4 Å². The minimum atomic E-state index is -1.21. The molecule has 4 heterocycles. The molecule has 3 aromatic rings. The molecule has 2 unspecified atom stereocenters. The lowest BCUT2D eigenvalue weighted by molar-refractivity contribution is -0.150. The van der Waals surface area contributed by atoms with Crippen LogP contribution in [0.1, 0.15) is 32.0 Å². The number of hydrogen-bond acceptors (Lipinski definition) is 13. The summed E-state index contributed by atoms with van der Waals surface area (Å²) in [5, 5.41) is 22.6. The van der Waals surface area contributed by atoms with Crippen LogP contribution in [0, 0.1) is 0 Å². The molecule has 220 valence electrons. The number of oxime groups is 1. The number of aromatic nitrogens is 3. The van der Waals surface area contributed by atoms with Gasteiger partial charge in [-0.3, -0.25) is 14.5 Å². The van der Waals surface area contributed by atoms with Gasteiger partial charge in [0.2, 0.25) is 0 Å². The van der Waals surface area contributed by atoms with Gasteiger partial charge in [-0.05, 0) is 33.6 Å². The van der Waals surface area contributed by atoms with E-state index >= 15 is 0 Å². The highest BCUT2D eigenvalue weighted by Crippen LogP contribution is 2.42. The van der Waals surface area contributed by atoms with E-state index in [2.05, 4.69) is 57.9 Å². The Morgan fingerprint density at radius 3 is 2.64 bits per heavy atom. The van der Waals surface area contributed by atoms with Gasteiger partial charge in [0, 0.05) is 16.9 Å². The summed E-state index contributed by atoms with van der Waals surface area (Å²) < 4.78 is 4.13. The van der Waals surface area contributed by atoms with E-state index in [0.29, 0.717) is 22.1 Å². The Labute approximate surface area is 258 Å². The number of aliphatic carboxylic acids is 1. The Morgan fingerprint density at radius 1 is 1.29 bits per heavy atom. The fourth-order valence-electron chi connectivity index (χ4n) is 4.43. The van der Waals surface area contributed by atoms with Crippen LogP contribution < -0.4 is 11.1 Å². The zero-order valence-corrected chi connectivity index (χ0v) is 26.2. The Balaban J connectivity index is 1.30. The van der Waals surface area contributed by atoms with Crippen molar-refractivity contribution in [3.63, 3.8) is 0 Å². The van der Waals surface area contributed by atoms with Crippen LogP contribution >= 0.6 is 46.4 Å². The van der Waals surface area contributed by atoms with Gasteiger partial charge in [0.1, 0.15) is 34.9 Å². The van der Waals surface area contributed by atoms with Crippen LogP contribution in [0.5, 0.6) is 0 Å². The topological polar surface area (TPSA) is 173 Å². The van der Waals surface area contributed by atoms with Crippen molar-refractivity contribution in [2.45, 2.75) is 42.6 Å². The number of thioether (sulfide) groups is 2. The second kappa shape index (κ2) is 12.0. The number of nitrogen functional groups attached to an aromatic ring is 1. The van der Waals surface area contributed by atoms with E-state index in [0.717, 1.165) is 21.8 Å². The lowest BCUT2D eigenvalue weighted by Crippen LogP contribution is -2.71. The molecule has 1 saturated heterocycles. The van der Waals surface area contributed by atoms with Gasteiger partial charge in [-0.15, -0.1) is 28.2 Å². The van der Waals surface area contributed by atoms with Crippen LogP contribution in [-0.4, -0.2) is 78.1 Å². The number of hydrogen-bond donors (Lipinski definition) is 3. The molecule has 2 aliphatic rings. The number of fused-ring (bicyclic) bond motifs is 1. The van der Waals surface area contributed by atoms with Gasteiger partial charge in [-0.1, -0.05) is 66.4 Å². The van der Waals surface area contributed by atoms with E-state index in [1.807, 2.05) is 12.1 Å². The summed E-state index contributed by atoms with van der Waals surface area (Å²) in [4.78, 5) is 49.4. The average molecular weight is 646 g/mol. The van der Waals surface area contributed by atoms with Gasteiger partial charge < -0.3 is 21.0 Å².